The fourth-order valence-electron chi connectivity index (χ4n) is 1.82. The highest BCUT2D eigenvalue weighted by Crippen LogP contribution is 2.12. The minimum Gasteiger partial charge on any atom is -0.324 e. The maximum absolute atomic E-state index is 6.12. The number of benzene rings is 1. The van der Waals surface area contributed by atoms with Gasteiger partial charge in [-0.3, -0.25) is 0 Å². The van der Waals surface area contributed by atoms with Gasteiger partial charge in [-0.2, -0.15) is 0 Å². The van der Waals surface area contributed by atoms with Gasteiger partial charge in [-0.1, -0.05) is 30.3 Å². The van der Waals surface area contributed by atoms with Gasteiger partial charge >= 0.3 is 0 Å². The highest BCUT2D eigenvalue weighted by molar-refractivity contribution is 7.09. The van der Waals surface area contributed by atoms with E-state index < -0.39 is 0 Å². The lowest BCUT2D eigenvalue weighted by Gasteiger charge is -2.12. The third kappa shape index (κ3) is 4.22. The Morgan fingerprint density at radius 2 is 2.06 bits per heavy atom. The van der Waals surface area contributed by atoms with Crippen molar-refractivity contribution in [2.45, 2.75) is 18.9 Å². The molecule has 3 nitrogen and oxygen atoms in total. The summed E-state index contributed by atoms with van der Waals surface area (Å²) in [7, 11) is 0. The summed E-state index contributed by atoms with van der Waals surface area (Å²) in [4.78, 5) is 4.25. The molecule has 2 rings (SSSR count). The van der Waals surface area contributed by atoms with Crippen LogP contribution in [0.15, 0.2) is 41.9 Å². The van der Waals surface area contributed by atoms with Crippen LogP contribution in [0.1, 0.15) is 23.0 Å². The molecule has 0 radical (unpaired) electrons. The molecule has 96 valence electrons. The topological polar surface area (TPSA) is 50.9 Å². The van der Waals surface area contributed by atoms with E-state index in [2.05, 4.69) is 22.4 Å². The third-order valence-electron chi connectivity index (χ3n) is 2.86. The monoisotopic (exact) mass is 261 g/mol. The molecule has 0 spiro atoms. The number of nitrogens with zero attached hydrogens (tertiary/aromatic N) is 1. The van der Waals surface area contributed by atoms with Gasteiger partial charge in [-0.25, -0.2) is 4.98 Å². The summed E-state index contributed by atoms with van der Waals surface area (Å²) in [6, 6.07) is 10.4. The molecule has 4 heteroatoms. The zero-order valence-corrected chi connectivity index (χ0v) is 11.2. The van der Waals surface area contributed by atoms with Crippen molar-refractivity contribution in [3.63, 3.8) is 0 Å². The quantitative estimate of drug-likeness (QED) is 0.752. The molecule has 1 heterocycles. The number of hydrogen-bond acceptors (Lipinski definition) is 4. The zero-order valence-electron chi connectivity index (χ0n) is 10.4. The number of aromatic nitrogens is 1. The van der Waals surface area contributed by atoms with E-state index in [1.165, 1.54) is 10.6 Å². The Hall–Kier alpha value is -1.23. The molecule has 0 fully saturated rings. The summed E-state index contributed by atoms with van der Waals surface area (Å²) in [5.41, 5.74) is 7.33. The summed E-state index contributed by atoms with van der Waals surface area (Å²) in [5.74, 6) is 0. The van der Waals surface area contributed by atoms with Crippen LogP contribution in [-0.4, -0.2) is 18.1 Å². The summed E-state index contributed by atoms with van der Waals surface area (Å²) in [5, 5.41) is 6.62. The smallest absolute Gasteiger partial charge is 0.0937 e. The molecule has 0 aliphatic heterocycles. The SMILES string of the molecule is NC(CCNCCc1nccs1)c1ccccc1. The third-order valence-corrected chi connectivity index (χ3v) is 3.70. The average Bonchev–Trinajstić information content (AvgIpc) is 2.92. The lowest BCUT2D eigenvalue weighted by Crippen LogP contribution is -2.23. The van der Waals surface area contributed by atoms with Gasteiger partial charge in [0, 0.05) is 30.6 Å². The van der Waals surface area contributed by atoms with E-state index in [9.17, 15) is 0 Å². The largest absolute Gasteiger partial charge is 0.324 e. The van der Waals surface area contributed by atoms with Gasteiger partial charge in [-0.05, 0) is 18.5 Å². The normalized spacial score (nSPS) is 12.5. The average molecular weight is 261 g/mol. The Labute approximate surface area is 112 Å². The first-order valence-electron chi connectivity index (χ1n) is 6.26. The number of hydrogen-bond donors (Lipinski definition) is 2. The molecule has 1 atom stereocenters. The first-order valence-corrected chi connectivity index (χ1v) is 7.14. The van der Waals surface area contributed by atoms with Gasteiger partial charge in [-0.15, -0.1) is 11.3 Å². The lowest BCUT2D eigenvalue weighted by atomic mass is 10.1. The summed E-state index contributed by atoms with van der Waals surface area (Å²) >= 11 is 1.71. The van der Waals surface area contributed by atoms with Gasteiger partial charge < -0.3 is 11.1 Å². The Morgan fingerprint density at radius 3 is 2.78 bits per heavy atom. The van der Waals surface area contributed by atoms with E-state index in [-0.39, 0.29) is 6.04 Å². The Bertz CT molecular complexity index is 428. The van der Waals surface area contributed by atoms with Crippen molar-refractivity contribution in [1.29, 1.82) is 0 Å². The van der Waals surface area contributed by atoms with Crippen molar-refractivity contribution in [3.05, 3.63) is 52.5 Å². The molecule has 2 aromatic rings. The Morgan fingerprint density at radius 1 is 1.22 bits per heavy atom. The second-order valence-corrected chi connectivity index (χ2v) is 5.21. The number of nitrogens with one attached hydrogen (secondary N) is 1. The van der Waals surface area contributed by atoms with E-state index in [4.69, 9.17) is 5.73 Å². The van der Waals surface area contributed by atoms with Crippen LogP contribution in [0.4, 0.5) is 0 Å². The maximum atomic E-state index is 6.12. The fourth-order valence-corrected chi connectivity index (χ4v) is 2.44. The molecule has 18 heavy (non-hydrogen) atoms. The van der Waals surface area contributed by atoms with Crippen LogP contribution in [-0.2, 0) is 6.42 Å². The van der Waals surface area contributed by atoms with Crippen LogP contribution >= 0.6 is 11.3 Å². The molecule has 1 unspecified atom stereocenters. The highest BCUT2D eigenvalue weighted by Gasteiger charge is 2.04. The molecular formula is C14H19N3S. The fraction of sp³-hybridized carbons (Fsp3) is 0.357. The molecule has 3 N–H and O–H groups in total. The second-order valence-electron chi connectivity index (χ2n) is 4.23. The molecule has 0 amide bonds. The molecule has 0 bridgehead atoms. The van der Waals surface area contributed by atoms with Crippen LogP contribution in [0.5, 0.6) is 0 Å². The van der Waals surface area contributed by atoms with Gasteiger partial charge in [0.1, 0.15) is 0 Å². The highest BCUT2D eigenvalue weighted by atomic mass is 32.1. The molecule has 1 aromatic heterocycles. The molecular weight excluding hydrogens is 242 g/mol. The summed E-state index contributed by atoms with van der Waals surface area (Å²) in [6.45, 7) is 1.91. The molecule has 0 aliphatic carbocycles. The van der Waals surface area contributed by atoms with Crippen molar-refractivity contribution in [1.82, 2.24) is 10.3 Å². The van der Waals surface area contributed by atoms with Gasteiger partial charge in [0.05, 0.1) is 5.01 Å². The van der Waals surface area contributed by atoms with Crippen LogP contribution in [0, 0.1) is 0 Å². The van der Waals surface area contributed by atoms with E-state index in [1.54, 1.807) is 11.3 Å². The maximum Gasteiger partial charge on any atom is 0.0937 e. The van der Waals surface area contributed by atoms with E-state index in [0.29, 0.717) is 0 Å². The molecule has 1 aromatic carbocycles. The van der Waals surface area contributed by atoms with Crippen molar-refractivity contribution >= 4 is 11.3 Å². The minimum atomic E-state index is 0.124. The minimum absolute atomic E-state index is 0.124. The van der Waals surface area contributed by atoms with Crippen molar-refractivity contribution in [2.75, 3.05) is 13.1 Å². The standard InChI is InChI=1S/C14H19N3S/c15-13(12-4-2-1-3-5-12)6-8-16-9-7-14-17-10-11-18-14/h1-5,10-11,13,16H,6-9,15H2. The van der Waals surface area contributed by atoms with Crippen LogP contribution in [0.3, 0.4) is 0 Å². The van der Waals surface area contributed by atoms with E-state index in [0.717, 1.165) is 25.9 Å². The van der Waals surface area contributed by atoms with E-state index in [1.807, 2.05) is 29.8 Å². The predicted octanol–water partition coefficient (Wildman–Crippen LogP) is 2.37. The predicted molar refractivity (Wildman–Crippen MR) is 76.7 cm³/mol. The summed E-state index contributed by atoms with van der Waals surface area (Å²) < 4.78 is 0. The molecule has 0 aliphatic rings. The second kappa shape index (κ2) is 7.26. The van der Waals surface area contributed by atoms with Gasteiger partial charge in [0.2, 0.25) is 0 Å². The lowest BCUT2D eigenvalue weighted by molar-refractivity contribution is 0.580. The number of nitrogens with two attached hydrogens (primary N) is 1. The van der Waals surface area contributed by atoms with Crippen LogP contribution in [0.2, 0.25) is 0 Å². The van der Waals surface area contributed by atoms with E-state index >= 15 is 0 Å². The van der Waals surface area contributed by atoms with Crippen molar-refractivity contribution in [3.8, 4) is 0 Å². The molecule has 0 saturated heterocycles. The van der Waals surface area contributed by atoms with Crippen molar-refractivity contribution in [2.24, 2.45) is 5.73 Å². The van der Waals surface area contributed by atoms with Crippen LogP contribution in [0.25, 0.3) is 0 Å². The number of thiazole rings is 1. The summed E-state index contributed by atoms with van der Waals surface area (Å²) in [6.07, 6.45) is 3.81. The van der Waals surface area contributed by atoms with Gasteiger partial charge in [0.15, 0.2) is 0 Å². The molecule has 0 saturated carbocycles. The Balaban J connectivity index is 1.61. The zero-order chi connectivity index (χ0) is 12.6. The number of rotatable bonds is 7. The van der Waals surface area contributed by atoms with Crippen LogP contribution < -0.4 is 11.1 Å². The first-order chi connectivity index (χ1) is 8.86. The Kier molecular flexibility index (Phi) is 5.33. The first kappa shape index (κ1) is 13.2. The van der Waals surface area contributed by atoms with Gasteiger partial charge in [0.25, 0.3) is 0 Å². The van der Waals surface area contributed by atoms with Crippen molar-refractivity contribution < 1.29 is 0 Å².